The van der Waals surface area contributed by atoms with Crippen LogP contribution in [0.1, 0.15) is 18.4 Å². The van der Waals surface area contributed by atoms with Crippen LogP contribution in [0.15, 0.2) is 29.4 Å². The lowest BCUT2D eigenvalue weighted by atomic mass is 10.2. The molecule has 1 aliphatic rings. The van der Waals surface area contributed by atoms with E-state index < -0.39 is 0 Å². The van der Waals surface area contributed by atoms with E-state index in [2.05, 4.69) is 15.8 Å². The predicted octanol–water partition coefficient (Wildman–Crippen LogP) is 2.32. The van der Waals surface area contributed by atoms with Crippen LogP contribution in [0.3, 0.4) is 0 Å². The van der Waals surface area contributed by atoms with Crippen LogP contribution in [-0.4, -0.2) is 30.6 Å². The summed E-state index contributed by atoms with van der Waals surface area (Å²) in [5.41, 5.74) is 3.73. The zero-order valence-electron chi connectivity index (χ0n) is 10.4. The van der Waals surface area contributed by atoms with E-state index in [1.54, 1.807) is 6.21 Å². The third-order valence-electron chi connectivity index (χ3n) is 2.76. The molecule has 4 nitrogen and oxygen atoms in total. The molecule has 1 fully saturated rings. The van der Waals surface area contributed by atoms with E-state index in [-0.39, 0.29) is 6.10 Å². The number of benzene rings is 1. The molecule has 6 heteroatoms. The Morgan fingerprint density at radius 2 is 2.26 bits per heavy atom. The van der Waals surface area contributed by atoms with Gasteiger partial charge in [0.1, 0.15) is 0 Å². The Hall–Kier alpha value is -1.17. The molecule has 102 valence electrons. The van der Waals surface area contributed by atoms with Gasteiger partial charge in [0.05, 0.1) is 12.3 Å². The number of halogens is 1. The van der Waals surface area contributed by atoms with E-state index in [0.717, 1.165) is 31.6 Å². The summed E-state index contributed by atoms with van der Waals surface area (Å²) in [6.07, 6.45) is 4.17. The molecule has 1 saturated heterocycles. The first-order chi connectivity index (χ1) is 9.24. The lowest BCUT2D eigenvalue weighted by molar-refractivity contribution is 0.114. The van der Waals surface area contributed by atoms with Crippen LogP contribution < -0.4 is 10.7 Å². The smallest absolute Gasteiger partial charge is 0.187 e. The molecule has 1 atom stereocenters. The van der Waals surface area contributed by atoms with Gasteiger partial charge in [0.25, 0.3) is 0 Å². The van der Waals surface area contributed by atoms with Crippen LogP contribution in [-0.2, 0) is 4.74 Å². The monoisotopic (exact) mass is 297 g/mol. The zero-order chi connectivity index (χ0) is 13.5. The van der Waals surface area contributed by atoms with Crippen LogP contribution in [0.25, 0.3) is 0 Å². The van der Waals surface area contributed by atoms with Gasteiger partial charge in [0.15, 0.2) is 5.11 Å². The van der Waals surface area contributed by atoms with E-state index in [4.69, 9.17) is 28.6 Å². The van der Waals surface area contributed by atoms with Crippen molar-refractivity contribution < 1.29 is 4.74 Å². The molecule has 0 unspecified atom stereocenters. The number of thiocarbonyl (C=S) groups is 1. The van der Waals surface area contributed by atoms with Crippen molar-refractivity contribution in [3.8, 4) is 0 Å². The Balaban J connectivity index is 1.69. The first-order valence-corrected chi connectivity index (χ1v) is 6.97. The lowest BCUT2D eigenvalue weighted by Crippen LogP contribution is -2.37. The summed E-state index contributed by atoms with van der Waals surface area (Å²) in [4.78, 5) is 0. The largest absolute Gasteiger partial charge is 0.376 e. The molecule has 0 aromatic heterocycles. The average molecular weight is 298 g/mol. The van der Waals surface area contributed by atoms with Crippen LogP contribution >= 0.6 is 23.8 Å². The maximum Gasteiger partial charge on any atom is 0.187 e. The highest BCUT2D eigenvalue weighted by Gasteiger charge is 2.14. The van der Waals surface area contributed by atoms with Crippen LogP contribution in [0.5, 0.6) is 0 Å². The first-order valence-electron chi connectivity index (χ1n) is 6.18. The van der Waals surface area contributed by atoms with Crippen molar-refractivity contribution in [1.29, 1.82) is 0 Å². The molecule has 1 aliphatic heterocycles. The second-order valence-electron chi connectivity index (χ2n) is 4.27. The Kier molecular flexibility index (Phi) is 5.57. The van der Waals surface area contributed by atoms with Crippen molar-refractivity contribution in [2.75, 3.05) is 13.2 Å². The van der Waals surface area contributed by atoms with Crippen molar-refractivity contribution in [1.82, 2.24) is 10.7 Å². The normalized spacial score (nSPS) is 18.7. The fourth-order valence-corrected chi connectivity index (χ4v) is 2.03. The Labute approximate surface area is 123 Å². The average Bonchev–Trinajstić information content (AvgIpc) is 2.92. The molecule has 1 heterocycles. The lowest BCUT2D eigenvalue weighted by Gasteiger charge is -2.11. The molecule has 0 amide bonds. The molecule has 1 aromatic rings. The number of hydrazone groups is 1. The molecule has 1 aromatic carbocycles. The maximum atomic E-state index is 5.80. The van der Waals surface area contributed by atoms with Crippen LogP contribution in [0, 0.1) is 0 Å². The fourth-order valence-electron chi connectivity index (χ4n) is 1.77. The Bertz CT molecular complexity index is 444. The summed E-state index contributed by atoms with van der Waals surface area (Å²) < 4.78 is 5.49. The number of hydrogen-bond donors (Lipinski definition) is 2. The van der Waals surface area contributed by atoms with Gasteiger partial charge >= 0.3 is 0 Å². The van der Waals surface area contributed by atoms with Crippen molar-refractivity contribution in [2.45, 2.75) is 18.9 Å². The van der Waals surface area contributed by atoms with E-state index in [9.17, 15) is 0 Å². The molecule has 0 radical (unpaired) electrons. The number of rotatable bonds is 4. The second kappa shape index (κ2) is 7.43. The summed E-state index contributed by atoms with van der Waals surface area (Å²) in [5.74, 6) is 0. The van der Waals surface area contributed by atoms with Gasteiger partial charge in [-0.1, -0.05) is 23.7 Å². The topological polar surface area (TPSA) is 45.6 Å². The third-order valence-corrected chi connectivity index (χ3v) is 3.25. The van der Waals surface area contributed by atoms with Gasteiger partial charge in [0, 0.05) is 18.2 Å². The molecule has 2 rings (SSSR count). The summed E-state index contributed by atoms with van der Waals surface area (Å²) in [6, 6.07) is 7.40. The summed E-state index contributed by atoms with van der Waals surface area (Å²) in [7, 11) is 0. The minimum atomic E-state index is 0.264. The molecule has 0 saturated carbocycles. The second-order valence-corrected chi connectivity index (χ2v) is 5.11. The van der Waals surface area contributed by atoms with E-state index in [1.165, 1.54) is 0 Å². The predicted molar refractivity (Wildman–Crippen MR) is 81.8 cm³/mol. The number of ether oxygens (including phenoxy) is 1. The van der Waals surface area contributed by atoms with Gasteiger partial charge in [-0.05, 0) is 42.8 Å². The van der Waals surface area contributed by atoms with Crippen molar-refractivity contribution in [2.24, 2.45) is 5.10 Å². The van der Waals surface area contributed by atoms with Gasteiger partial charge in [0.2, 0.25) is 0 Å². The number of hydrogen-bond acceptors (Lipinski definition) is 3. The van der Waals surface area contributed by atoms with Gasteiger partial charge in [-0.3, -0.25) is 5.43 Å². The highest BCUT2D eigenvalue weighted by Crippen LogP contribution is 2.10. The van der Waals surface area contributed by atoms with Gasteiger partial charge < -0.3 is 10.1 Å². The first kappa shape index (κ1) is 14.2. The molecular weight excluding hydrogens is 282 g/mol. The van der Waals surface area contributed by atoms with E-state index >= 15 is 0 Å². The fraction of sp³-hybridized carbons (Fsp3) is 0.385. The molecular formula is C13H16ClN3OS. The van der Waals surface area contributed by atoms with Gasteiger partial charge in [-0.15, -0.1) is 0 Å². The van der Waals surface area contributed by atoms with E-state index in [0.29, 0.717) is 10.1 Å². The highest BCUT2D eigenvalue weighted by atomic mass is 35.5. The van der Waals surface area contributed by atoms with Crippen LogP contribution in [0.2, 0.25) is 5.02 Å². The highest BCUT2D eigenvalue weighted by molar-refractivity contribution is 7.80. The van der Waals surface area contributed by atoms with Crippen molar-refractivity contribution in [3.05, 3.63) is 34.9 Å². The van der Waals surface area contributed by atoms with Crippen molar-refractivity contribution >= 4 is 35.1 Å². The quantitative estimate of drug-likeness (QED) is 0.509. The minimum Gasteiger partial charge on any atom is -0.376 e. The summed E-state index contributed by atoms with van der Waals surface area (Å²) >= 11 is 10.9. The minimum absolute atomic E-state index is 0.264. The Morgan fingerprint density at radius 1 is 1.47 bits per heavy atom. The van der Waals surface area contributed by atoms with Crippen LogP contribution in [0.4, 0.5) is 0 Å². The summed E-state index contributed by atoms with van der Waals surface area (Å²) in [6.45, 7) is 1.57. The van der Waals surface area contributed by atoms with Gasteiger partial charge in [-0.25, -0.2) is 0 Å². The van der Waals surface area contributed by atoms with Crippen molar-refractivity contribution in [3.63, 3.8) is 0 Å². The molecule has 0 bridgehead atoms. The molecule has 2 N–H and O–H groups in total. The van der Waals surface area contributed by atoms with E-state index in [1.807, 2.05) is 24.3 Å². The molecule has 0 aliphatic carbocycles. The Morgan fingerprint density at radius 3 is 2.95 bits per heavy atom. The molecule has 0 spiro atoms. The third kappa shape index (κ3) is 5.14. The maximum absolute atomic E-state index is 5.80. The standard InChI is InChI=1S/C13H16ClN3OS/c14-11-5-3-10(4-6-11)8-16-17-13(19)15-9-12-2-1-7-18-12/h3-6,8,12H,1-2,7,9H2,(H2,15,17,19)/b16-8-/t12-/m1/s1. The zero-order valence-corrected chi connectivity index (χ0v) is 12.0. The SMILES string of the molecule is S=C(NC[C@H]1CCCO1)N/N=C\c1ccc(Cl)cc1. The van der Waals surface area contributed by atoms with Gasteiger partial charge in [-0.2, -0.15) is 5.10 Å². The number of nitrogens with one attached hydrogen (secondary N) is 2. The summed E-state index contributed by atoms with van der Waals surface area (Å²) in [5, 5.41) is 8.34. The number of nitrogens with zero attached hydrogens (tertiary/aromatic N) is 1. The molecule has 19 heavy (non-hydrogen) atoms.